The second-order valence-electron chi connectivity index (χ2n) is 6.89. The maximum Gasteiger partial charge on any atom is 0.248 e. The molecule has 1 aliphatic rings. The molecule has 0 spiro atoms. The molecule has 1 aromatic carbocycles. The predicted molar refractivity (Wildman–Crippen MR) is 102 cm³/mol. The lowest BCUT2D eigenvalue weighted by Gasteiger charge is -2.22. The van der Waals surface area contributed by atoms with Gasteiger partial charge in [-0.05, 0) is 53.8 Å². The minimum atomic E-state index is -0.185. The highest BCUT2D eigenvalue weighted by atomic mass is 16.2. The number of anilines is 1. The van der Waals surface area contributed by atoms with Crippen LogP contribution < -0.4 is 5.32 Å². The average Bonchev–Trinajstić information content (AvgIpc) is 3.18. The second-order valence-corrected chi connectivity index (χ2v) is 6.89. The SMILES string of the molecule is O=C(Cn1nnc(-c2cccnc2)n1)Nc1ccc(C2CCCCC2)cc1. The molecule has 7 heteroatoms. The van der Waals surface area contributed by atoms with Gasteiger partial charge in [0, 0.05) is 23.6 Å². The first kappa shape index (κ1) is 17.3. The molecule has 1 saturated carbocycles. The Morgan fingerprint density at radius 2 is 1.93 bits per heavy atom. The molecule has 3 aromatic rings. The molecule has 1 N–H and O–H groups in total. The number of carbonyl (C=O) groups excluding carboxylic acids is 1. The zero-order valence-electron chi connectivity index (χ0n) is 15.1. The number of hydrogen-bond acceptors (Lipinski definition) is 5. The molecule has 27 heavy (non-hydrogen) atoms. The number of hydrogen-bond donors (Lipinski definition) is 1. The average molecular weight is 362 g/mol. The molecule has 0 saturated heterocycles. The van der Waals surface area contributed by atoms with Crippen LogP contribution in [-0.2, 0) is 11.3 Å². The molecule has 0 aliphatic heterocycles. The van der Waals surface area contributed by atoms with E-state index in [0.29, 0.717) is 11.7 Å². The van der Waals surface area contributed by atoms with Crippen molar-refractivity contribution < 1.29 is 4.79 Å². The largest absolute Gasteiger partial charge is 0.324 e. The summed E-state index contributed by atoms with van der Waals surface area (Å²) in [6, 6.07) is 11.8. The quantitative estimate of drug-likeness (QED) is 0.751. The van der Waals surface area contributed by atoms with Crippen molar-refractivity contribution in [2.24, 2.45) is 0 Å². The predicted octanol–water partition coefficient (Wildman–Crippen LogP) is 3.42. The van der Waals surface area contributed by atoms with E-state index in [1.54, 1.807) is 18.5 Å². The van der Waals surface area contributed by atoms with Gasteiger partial charge >= 0.3 is 0 Å². The van der Waals surface area contributed by atoms with Gasteiger partial charge in [0.05, 0.1) is 0 Å². The first-order valence-corrected chi connectivity index (χ1v) is 9.36. The third-order valence-corrected chi connectivity index (χ3v) is 4.93. The van der Waals surface area contributed by atoms with Gasteiger partial charge in [0.2, 0.25) is 11.7 Å². The van der Waals surface area contributed by atoms with Gasteiger partial charge in [-0.25, -0.2) is 0 Å². The molecule has 4 rings (SSSR count). The van der Waals surface area contributed by atoms with Crippen LogP contribution in [0.25, 0.3) is 11.4 Å². The lowest BCUT2D eigenvalue weighted by molar-refractivity contribution is -0.117. The van der Waals surface area contributed by atoms with Crippen LogP contribution in [0.15, 0.2) is 48.8 Å². The van der Waals surface area contributed by atoms with Crippen molar-refractivity contribution in [3.8, 4) is 11.4 Å². The van der Waals surface area contributed by atoms with Crippen molar-refractivity contribution in [3.63, 3.8) is 0 Å². The van der Waals surface area contributed by atoms with Crippen molar-refractivity contribution in [1.29, 1.82) is 0 Å². The zero-order valence-corrected chi connectivity index (χ0v) is 15.1. The summed E-state index contributed by atoms with van der Waals surface area (Å²) in [4.78, 5) is 17.6. The standard InChI is InChI=1S/C20H22N6O/c27-19(14-26-24-20(23-25-26)17-7-4-12-21-13-17)22-18-10-8-16(9-11-18)15-5-2-1-3-6-15/h4,7-13,15H,1-3,5-6,14H2,(H,22,27). The van der Waals surface area contributed by atoms with Gasteiger partial charge in [-0.3, -0.25) is 9.78 Å². The summed E-state index contributed by atoms with van der Waals surface area (Å²) in [5.41, 5.74) is 2.92. The first-order chi connectivity index (χ1) is 13.3. The smallest absolute Gasteiger partial charge is 0.248 e. The van der Waals surface area contributed by atoms with Crippen LogP contribution in [0.3, 0.4) is 0 Å². The number of carbonyl (C=O) groups is 1. The van der Waals surface area contributed by atoms with Crippen LogP contribution in [0.1, 0.15) is 43.6 Å². The number of amides is 1. The first-order valence-electron chi connectivity index (χ1n) is 9.36. The van der Waals surface area contributed by atoms with Crippen LogP contribution in [0.5, 0.6) is 0 Å². The molecule has 138 valence electrons. The Morgan fingerprint density at radius 3 is 2.67 bits per heavy atom. The topological polar surface area (TPSA) is 85.6 Å². The fourth-order valence-electron chi connectivity index (χ4n) is 3.52. The molecule has 0 atom stereocenters. The number of aromatic nitrogens is 5. The van der Waals surface area contributed by atoms with Gasteiger partial charge in [0.1, 0.15) is 6.54 Å². The molecule has 0 unspecified atom stereocenters. The van der Waals surface area contributed by atoms with Crippen LogP contribution in [0, 0.1) is 0 Å². The van der Waals surface area contributed by atoms with Gasteiger partial charge in [-0.2, -0.15) is 4.80 Å². The van der Waals surface area contributed by atoms with Gasteiger partial charge in [-0.1, -0.05) is 31.4 Å². The fraction of sp³-hybridized carbons (Fsp3) is 0.350. The third-order valence-electron chi connectivity index (χ3n) is 4.93. The Balaban J connectivity index is 1.35. The van der Waals surface area contributed by atoms with Crippen molar-refractivity contribution in [2.75, 3.05) is 5.32 Å². The van der Waals surface area contributed by atoms with Gasteiger partial charge in [-0.15, -0.1) is 10.2 Å². The van der Waals surface area contributed by atoms with E-state index >= 15 is 0 Å². The molecule has 7 nitrogen and oxygen atoms in total. The number of nitrogens with zero attached hydrogens (tertiary/aromatic N) is 5. The third kappa shape index (κ3) is 4.36. The summed E-state index contributed by atoms with van der Waals surface area (Å²) in [5, 5.41) is 15.0. The number of nitrogens with one attached hydrogen (secondary N) is 1. The highest BCUT2D eigenvalue weighted by Gasteiger charge is 2.15. The molecule has 2 aromatic heterocycles. The molecule has 1 fully saturated rings. The maximum absolute atomic E-state index is 12.3. The van der Waals surface area contributed by atoms with E-state index in [9.17, 15) is 4.79 Å². The minimum Gasteiger partial charge on any atom is -0.324 e. The van der Waals surface area contributed by atoms with Crippen LogP contribution in [0.2, 0.25) is 0 Å². The van der Waals surface area contributed by atoms with Crippen LogP contribution >= 0.6 is 0 Å². The molecule has 0 radical (unpaired) electrons. The van der Waals surface area contributed by atoms with Crippen LogP contribution in [-0.4, -0.2) is 31.1 Å². The molecule has 2 heterocycles. The maximum atomic E-state index is 12.3. The van der Waals surface area contributed by atoms with Crippen molar-refractivity contribution >= 4 is 11.6 Å². The van der Waals surface area contributed by atoms with Crippen molar-refractivity contribution in [3.05, 3.63) is 54.4 Å². The highest BCUT2D eigenvalue weighted by Crippen LogP contribution is 2.32. The van der Waals surface area contributed by atoms with Crippen molar-refractivity contribution in [1.82, 2.24) is 25.2 Å². The van der Waals surface area contributed by atoms with E-state index in [1.165, 1.54) is 42.5 Å². The van der Waals surface area contributed by atoms with E-state index < -0.39 is 0 Å². The fourth-order valence-corrected chi connectivity index (χ4v) is 3.52. The summed E-state index contributed by atoms with van der Waals surface area (Å²) in [6.07, 6.45) is 9.86. The highest BCUT2D eigenvalue weighted by molar-refractivity contribution is 5.90. The number of benzene rings is 1. The van der Waals surface area contributed by atoms with Gasteiger partial charge < -0.3 is 5.32 Å². The summed E-state index contributed by atoms with van der Waals surface area (Å²) in [7, 11) is 0. The zero-order chi connectivity index (χ0) is 18.5. The molecule has 1 amide bonds. The second kappa shape index (κ2) is 8.07. The van der Waals surface area contributed by atoms with Crippen molar-refractivity contribution in [2.45, 2.75) is 44.6 Å². The Hall–Kier alpha value is -3.09. The summed E-state index contributed by atoms with van der Waals surface area (Å²) in [5.74, 6) is 0.928. The summed E-state index contributed by atoms with van der Waals surface area (Å²) >= 11 is 0. The lowest BCUT2D eigenvalue weighted by Crippen LogP contribution is -2.20. The number of pyridine rings is 1. The van der Waals surface area contributed by atoms with E-state index in [-0.39, 0.29) is 12.5 Å². The van der Waals surface area contributed by atoms with E-state index in [0.717, 1.165) is 11.3 Å². The summed E-state index contributed by atoms with van der Waals surface area (Å²) < 4.78 is 0. The Bertz CT molecular complexity index is 884. The number of tetrazole rings is 1. The lowest BCUT2D eigenvalue weighted by atomic mass is 9.84. The molecule has 1 aliphatic carbocycles. The van der Waals surface area contributed by atoms with Gasteiger partial charge in [0.25, 0.3) is 0 Å². The minimum absolute atomic E-state index is 0.0115. The molecule has 0 bridgehead atoms. The Morgan fingerprint density at radius 1 is 1.11 bits per heavy atom. The van der Waals surface area contributed by atoms with E-state index in [1.807, 2.05) is 18.2 Å². The molecular formula is C20H22N6O. The van der Waals surface area contributed by atoms with Gasteiger partial charge in [0.15, 0.2) is 0 Å². The Labute approximate surface area is 157 Å². The molecular weight excluding hydrogens is 340 g/mol. The van der Waals surface area contributed by atoms with Crippen LogP contribution in [0.4, 0.5) is 5.69 Å². The van der Waals surface area contributed by atoms with E-state index in [4.69, 9.17) is 0 Å². The van der Waals surface area contributed by atoms with E-state index in [2.05, 4.69) is 37.8 Å². The normalized spacial score (nSPS) is 14.8. The monoisotopic (exact) mass is 362 g/mol. The Kier molecular flexibility index (Phi) is 5.18. The number of rotatable bonds is 5. The summed E-state index contributed by atoms with van der Waals surface area (Å²) in [6.45, 7) is 0.0115.